The second-order valence-electron chi connectivity index (χ2n) is 15.9. The number of aliphatic hydroxyl groups is 3. The summed E-state index contributed by atoms with van der Waals surface area (Å²) in [5.74, 6) is -4.85. The number of nitrogens with zero attached hydrogens (tertiary/aromatic N) is 2. The number of ether oxygens (including phenoxy) is 5. The molecule has 6 aliphatic rings. The third-order valence-electron chi connectivity index (χ3n) is 11.7. The second-order valence-corrected chi connectivity index (χ2v) is 15.9. The molecule has 0 spiro atoms. The average molecular weight is 908 g/mol. The van der Waals surface area contributed by atoms with Crippen molar-refractivity contribution >= 4 is 41.1 Å². The van der Waals surface area contributed by atoms with Gasteiger partial charge in [-0.1, -0.05) is 12.1 Å². The van der Waals surface area contributed by atoms with Crippen molar-refractivity contribution in [1.29, 1.82) is 0 Å². The van der Waals surface area contributed by atoms with E-state index in [0.29, 0.717) is 26.2 Å². The molecule has 3 aliphatic carbocycles. The van der Waals surface area contributed by atoms with Crippen LogP contribution < -0.4 is 21.1 Å². The Labute approximate surface area is 370 Å². The molecule has 22 heteroatoms. The van der Waals surface area contributed by atoms with Gasteiger partial charge in [0.25, 0.3) is 0 Å². The highest BCUT2D eigenvalue weighted by molar-refractivity contribution is 6.31. The van der Waals surface area contributed by atoms with Crippen LogP contribution in [-0.4, -0.2) is 160 Å². The summed E-state index contributed by atoms with van der Waals surface area (Å²) in [4.78, 5) is 92.6. The second kappa shape index (κ2) is 18.2. The van der Waals surface area contributed by atoms with Gasteiger partial charge in [-0.3, -0.25) is 34.6 Å². The van der Waals surface area contributed by atoms with Gasteiger partial charge in [-0.15, -0.1) is 0 Å². The summed E-state index contributed by atoms with van der Waals surface area (Å²) in [6.07, 6.45) is -6.74. The molecule has 2 aromatic carbocycles. The molecule has 0 saturated carbocycles. The van der Waals surface area contributed by atoms with Crippen molar-refractivity contribution in [1.82, 2.24) is 20.4 Å². The van der Waals surface area contributed by atoms with Crippen molar-refractivity contribution in [2.75, 3.05) is 53.1 Å². The molecule has 3 fully saturated rings. The van der Waals surface area contributed by atoms with Gasteiger partial charge >= 0.3 is 12.2 Å². The van der Waals surface area contributed by atoms with Gasteiger partial charge in [0.2, 0.25) is 17.3 Å². The molecule has 3 aliphatic heterocycles. The third kappa shape index (κ3) is 8.62. The van der Waals surface area contributed by atoms with E-state index < -0.39 is 119 Å². The molecule has 3 saturated heterocycles. The summed E-state index contributed by atoms with van der Waals surface area (Å²) >= 11 is 0. The molecule has 0 unspecified atom stereocenters. The number of phenols is 2. The molecule has 0 radical (unpaired) electrons. The monoisotopic (exact) mass is 907 g/mol. The molecule has 65 heavy (non-hydrogen) atoms. The van der Waals surface area contributed by atoms with Gasteiger partial charge < -0.3 is 64.8 Å². The van der Waals surface area contributed by atoms with Crippen molar-refractivity contribution in [2.24, 2.45) is 5.73 Å². The van der Waals surface area contributed by atoms with Crippen molar-refractivity contribution in [3.05, 3.63) is 74.4 Å². The van der Waals surface area contributed by atoms with E-state index in [1.54, 1.807) is 30.6 Å². The first-order valence-electron chi connectivity index (χ1n) is 20.8. The van der Waals surface area contributed by atoms with Crippen LogP contribution in [0, 0.1) is 0 Å². The van der Waals surface area contributed by atoms with Crippen molar-refractivity contribution in [2.45, 2.75) is 76.3 Å². The quantitative estimate of drug-likeness (QED) is 0.0695. The van der Waals surface area contributed by atoms with E-state index in [0.717, 1.165) is 0 Å². The maximum Gasteiger partial charge on any atom is 0.411 e. The van der Waals surface area contributed by atoms with Crippen LogP contribution in [0.25, 0.3) is 0 Å². The number of hydrogen-bond acceptors (Lipinski definition) is 20. The Morgan fingerprint density at radius 3 is 1.91 bits per heavy atom. The van der Waals surface area contributed by atoms with E-state index in [9.17, 15) is 59.1 Å². The van der Waals surface area contributed by atoms with Crippen LogP contribution in [0.5, 0.6) is 17.2 Å². The zero-order chi connectivity index (χ0) is 47.2. The Morgan fingerprint density at radius 2 is 1.42 bits per heavy atom. The number of nitrogens with two attached hydrogens (primary N) is 1. The summed E-state index contributed by atoms with van der Waals surface area (Å²) in [7, 11) is 1.32. The highest BCUT2D eigenvalue weighted by Crippen LogP contribution is 2.52. The summed E-state index contributed by atoms with van der Waals surface area (Å²) in [6, 6.07) is 3.64. The van der Waals surface area contributed by atoms with Crippen molar-refractivity contribution < 1.29 is 82.8 Å². The number of aliphatic hydroxyl groups excluding tert-OH is 2. The fourth-order valence-corrected chi connectivity index (χ4v) is 8.35. The fraction of sp³-hybridized carbons (Fsp3) is 0.465. The number of benzene rings is 2. The van der Waals surface area contributed by atoms with Crippen molar-refractivity contribution in [3.8, 4) is 17.2 Å². The predicted molar refractivity (Wildman–Crippen MR) is 219 cm³/mol. The molecule has 2 amide bonds. The normalized spacial score (nSPS) is 25.4. The van der Waals surface area contributed by atoms with Crippen LogP contribution in [-0.2, 0) is 39.8 Å². The Bertz CT molecular complexity index is 2370. The van der Waals surface area contributed by atoms with Gasteiger partial charge in [0.05, 0.1) is 55.3 Å². The molecular formula is C43H49N5O17. The third-order valence-corrected chi connectivity index (χ3v) is 11.7. The standard InChI is InChI=1S/C27H29NO11.C16H20N4O6/c1-10-22(31)13(28)6-17(38-10)39-15-8-27(36,16(30)9-29)7-12-19(15)26(35)21-20(24(12)33)23(32)11-4-3-5-14(37-2)18(11)25(21)34;1-3-25-15(23)17-9-11(19-5-6-19)14(22)10(18-16(24)26-4-2)12(13(9)21)20-7-8-20/h3-5,10,13,15,17,22,29,31,33,35-36H,6-9,28H2,1-2H3;3-8H2,1-2H3,(H,17,23)(H,18,24)/t10-,13-,15-,17-,22+,27-;/m0./s1. The minimum Gasteiger partial charge on any atom is -0.507 e. The van der Waals surface area contributed by atoms with Crippen LogP contribution in [0.4, 0.5) is 9.59 Å². The van der Waals surface area contributed by atoms with E-state index in [-0.39, 0.29) is 70.4 Å². The number of amides is 2. The number of carbonyl (C=O) groups is 7. The number of ketones is 5. The highest BCUT2D eigenvalue weighted by atomic mass is 16.7. The maximum absolute atomic E-state index is 13.6. The molecule has 3 heterocycles. The minimum atomic E-state index is -2.24. The molecular weight excluding hydrogens is 858 g/mol. The molecule has 8 rings (SSSR count). The highest BCUT2D eigenvalue weighted by Gasteiger charge is 2.51. The van der Waals surface area contributed by atoms with Crippen LogP contribution in [0.15, 0.2) is 41.0 Å². The lowest BCUT2D eigenvalue weighted by Crippen LogP contribution is -2.53. The number of alkyl carbamates (subject to hydrolysis) is 2. The lowest BCUT2D eigenvalue weighted by atomic mass is 9.72. The molecule has 0 bridgehead atoms. The summed E-state index contributed by atoms with van der Waals surface area (Å²) < 4.78 is 26.6. The Kier molecular flexibility index (Phi) is 13.0. The van der Waals surface area contributed by atoms with E-state index >= 15 is 0 Å². The number of rotatable bonds is 11. The zero-order valence-electron chi connectivity index (χ0n) is 35.8. The number of aromatic hydroxyl groups is 2. The van der Waals surface area contributed by atoms with Gasteiger partial charge in [0.15, 0.2) is 17.9 Å². The maximum atomic E-state index is 13.6. The Morgan fingerprint density at radius 1 is 0.862 bits per heavy atom. The Balaban J connectivity index is 0.000000210. The van der Waals surface area contributed by atoms with Crippen LogP contribution >= 0.6 is 0 Å². The Hall–Kier alpha value is -6.43. The van der Waals surface area contributed by atoms with Gasteiger partial charge in [0.1, 0.15) is 52.2 Å². The van der Waals surface area contributed by atoms with Crippen LogP contribution in [0.2, 0.25) is 0 Å². The fourth-order valence-electron chi connectivity index (χ4n) is 8.35. The first-order chi connectivity index (χ1) is 30.9. The lowest BCUT2D eigenvalue weighted by molar-refractivity contribution is -0.247. The van der Waals surface area contributed by atoms with E-state index in [1.807, 2.05) is 0 Å². The number of phenolic OH excluding ortho intramolecular Hbond substituents is 2. The molecule has 9 N–H and O–H groups in total. The first kappa shape index (κ1) is 46.6. The summed E-state index contributed by atoms with van der Waals surface area (Å²) in [5, 5.41) is 58.5. The van der Waals surface area contributed by atoms with E-state index in [2.05, 4.69) is 10.6 Å². The molecule has 348 valence electrons. The van der Waals surface area contributed by atoms with E-state index in [4.69, 9.17) is 29.4 Å². The van der Waals surface area contributed by atoms with Gasteiger partial charge in [-0.05, 0) is 26.8 Å². The number of methoxy groups -OCH3 is 1. The van der Waals surface area contributed by atoms with Crippen LogP contribution in [0.1, 0.15) is 82.7 Å². The molecule has 6 atom stereocenters. The summed E-state index contributed by atoms with van der Waals surface area (Å²) in [5.41, 5.74) is 2.24. The zero-order valence-corrected chi connectivity index (χ0v) is 35.8. The first-order valence-corrected chi connectivity index (χ1v) is 20.8. The average Bonchev–Trinajstić information content (AvgIpc) is 4.21. The van der Waals surface area contributed by atoms with E-state index in [1.165, 1.54) is 25.3 Å². The van der Waals surface area contributed by atoms with Gasteiger partial charge in [0, 0.05) is 68.2 Å². The van der Waals surface area contributed by atoms with Gasteiger partial charge in [-0.25, -0.2) is 9.59 Å². The largest absolute Gasteiger partial charge is 0.507 e. The van der Waals surface area contributed by atoms with Crippen molar-refractivity contribution in [3.63, 3.8) is 0 Å². The van der Waals surface area contributed by atoms with Crippen LogP contribution in [0.3, 0.4) is 0 Å². The topological polar surface area (TPSA) is 323 Å². The number of carbonyl (C=O) groups excluding carboxylic acids is 7. The SMILES string of the molecule is CCOC(=O)NC1=C(N2CC2)C(=O)C(NC(=O)OCC)=C(N2CC2)C1=O.COc1cccc2c1C(=O)c1c(O)c3c(c(O)c1C2=O)C[C@@](O)(C(=O)CO)C[C@@H]3O[C@H]1C[C@H](N)[C@H](O)[C@H](C)O1. The molecule has 2 aromatic rings. The lowest BCUT2D eigenvalue weighted by Gasteiger charge is -2.42. The number of fused-ring (bicyclic) bond motifs is 3. The number of nitrogens with one attached hydrogen (secondary N) is 2. The molecule has 0 aromatic heterocycles. The number of Topliss-reactive ketones (excluding diaryl/α,β-unsaturated/α-hetero) is 3. The molecule has 22 nitrogen and oxygen atoms in total. The number of hydrogen-bond donors (Lipinski definition) is 8. The smallest absolute Gasteiger partial charge is 0.411 e. The van der Waals surface area contributed by atoms with Gasteiger partial charge in [-0.2, -0.15) is 0 Å². The predicted octanol–water partition coefficient (Wildman–Crippen LogP) is -0.314. The summed E-state index contributed by atoms with van der Waals surface area (Å²) in [6.45, 7) is 6.40. The minimum absolute atomic E-state index is 0.0173.